The molecule has 0 amide bonds. The van der Waals surface area contributed by atoms with Crippen LogP contribution in [0.4, 0.5) is 0 Å². The molecule has 3 N–H and O–H groups in total. The van der Waals surface area contributed by atoms with E-state index in [-0.39, 0.29) is 6.04 Å². The second-order valence-corrected chi connectivity index (χ2v) is 5.08. The SMILES string of the molecule is Cc1cccc(C2CNC(C)C(N)C2)c1C. The van der Waals surface area contributed by atoms with Crippen LogP contribution in [0.2, 0.25) is 0 Å². The molecule has 3 unspecified atom stereocenters. The van der Waals surface area contributed by atoms with Gasteiger partial charge in [-0.25, -0.2) is 0 Å². The number of hydrogen-bond donors (Lipinski definition) is 2. The van der Waals surface area contributed by atoms with Crippen LogP contribution in [-0.4, -0.2) is 18.6 Å². The van der Waals surface area contributed by atoms with Crippen molar-refractivity contribution in [2.45, 2.75) is 45.2 Å². The predicted molar refractivity (Wildman–Crippen MR) is 68.7 cm³/mol. The van der Waals surface area contributed by atoms with Crippen molar-refractivity contribution in [1.29, 1.82) is 0 Å². The Bertz CT molecular complexity index is 373. The topological polar surface area (TPSA) is 38.0 Å². The van der Waals surface area contributed by atoms with E-state index in [4.69, 9.17) is 5.73 Å². The second-order valence-electron chi connectivity index (χ2n) is 5.08. The molecule has 0 aromatic heterocycles. The number of piperidine rings is 1. The van der Waals surface area contributed by atoms with E-state index in [0.717, 1.165) is 13.0 Å². The number of nitrogens with two attached hydrogens (primary N) is 1. The maximum atomic E-state index is 6.13. The summed E-state index contributed by atoms with van der Waals surface area (Å²) in [4.78, 5) is 0. The normalized spacial score (nSPS) is 30.4. The lowest BCUT2D eigenvalue weighted by molar-refractivity contribution is 0.337. The molecular formula is C14H22N2. The van der Waals surface area contributed by atoms with Crippen molar-refractivity contribution in [3.63, 3.8) is 0 Å². The maximum Gasteiger partial charge on any atom is 0.0198 e. The zero-order valence-corrected chi connectivity index (χ0v) is 10.5. The first-order valence-corrected chi connectivity index (χ1v) is 6.14. The van der Waals surface area contributed by atoms with E-state index in [2.05, 4.69) is 44.3 Å². The van der Waals surface area contributed by atoms with Gasteiger partial charge in [0, 0.05) is 18.6 Å². The molecule has 2 rings (SSSR count). The van der Waals surface area contributed by atoms with Crippen LogP contribution in [0, 0.1) is 13.8 Å². The summed E-state index contributed by atoms with van der Waals surface area (Å²) >= 11 is 0. The Hall–Kier alpha value is -0.860. The van der Waals surface area contributed by atoms with Gasteiger partial charge in [0.1, 0.15) is 0 Å². The molecule has 0 aliphatic carbocycles. The monoisotopic (exact) mass is 218 g/mol. The zero-order valence-electron chi connectivity index (χ0n) is 10.5. The largest absolute Gasteiger partial charge is 0.326 e. The van der Waals surface area contributed by atoms with Gasteiger partial charge in [-0.2, -0.15) is 0 Å². The predicted octanol–water partition coefficient (Wildman–Crippen LogP) is 2.10. The summed E-state index contributed by atoms with van der Waals surface area (Å²) in [5, 5.41) is 3.50. The number of rotatable bonds is 1. The van der Waals surface area contributed by atoms with E-state index in [0.29, 0.717) is 12.0 Å². The Labute approximate surface area is 98.2 Å². The molecule has 1 aromatic carbocycles. The number of aryl methyl sites for hydroxylation is 1. The van der Waals surface area contributed by atoms with Gasteiger partial charge < -0.3 is 11.1 Å². The van der Waals surface area contributed by atoms with Crippen LogP contribution >= 0.6 is 0 Å². The summed E-state index contributed by atoms with van der Waals surface area (Å²) < 4.78 is 0. The second kappa shape index (κ2) is 4.56. The van der Waals surface area contributed by atoms with Gasteiger partial charge >= 0.3 is 0 Å². The molecule has 3 atom stereocenters. The van der Waals surface area contributed by atoms with Gasteiger partial charge in [0.05, 0.1) is 0 Å². The van der Waals surface area contributed by atoms with Gasteiger partial charge in [-0.1, -0.05) is 18.2 Å². The summed E-state index contributed by atoms with van der Waals surface area (Å²) in [6.45, 7) is 7.62. The van der Waals surface area contributed by atoms with Gasteiger partial charge in [-0.15, -0.1) is 0 Å². The fourth-order valence-corrected chi connectivity index (χ4v) is 2.55. The highest BCUT2D eigenvalue weighted by atomic mass is 15.0. The minimum absolute atomic E-state index is 0.277. The fourth-order valence-electron chi connectivity index (χ4n) is 2.55. The van der Waals surface area contributed by atoms with Crippen LogP contribution in [-0.2, 0) is 0 Å². The quantitative estimate of drug-likeness (QED) is 0.757. The molecular weight excluding hydrogens is 196 g/mol. The number of hydrogen-bond acceptors (Lipinski definition) is 2. The van der Waals surface area contributed by atoms with Crippen molar-refractivity contribution < 1.29 is 0 Å². The summed E-state index contributed by atoms with van der Waals surface area (Å²) in [5.74, 6) is 0.575. The van der Waals surface area contributed by atoms with Crippen molar-refractivity contribution in [2.75, 3.05) is 6.54 Å². The van der Waals surface area contributed by atoms with Crippen LogP contribution in [0.5, 0.6) is 0 Å². The molecule has 1 heterocycles. The molecule has 88 valence electrons. The van der Waals surface area contributed by atoms with Gasteiger partial charge in [-0.05, 0) is 49.8 Å². The Morgan fingerprint density at radius 3 is 2.75 bits per heavy atom. The summed E-state index contributed by atoms with van der Waals surface area (Å²) in [6.07, 6.45) is 1.10. The third-order valence-electron chi connectivity index (χ3n) is 3.97. The number of nitrogens with one attached hydrogen (secondary N) is 1. The standard InChI is InChI=1S/C14H22N2/c1-9-5-4-6-13(10(9)2)12-7-14(15)11(3)16-8-12/h4-6,11-12,14,16H,7-8,15H2,1-3H3. The zero-order chi connectivity index (χ0) is 11.7. The van der Waals surface area contributed by atoms with E-state index in [1.807, 2.05) is 0 Å². The summed E-state index contributed by atoms with van der Waals surface area (Å²) in [7, 11) is 0. The van der Waals surface area contributed by atoms with Crippen molar-refractivity contribution in [3.8, 4) is 0 Å². The molecule has 2 nitrogen and oxygen atoms in total. The van der Waals surface area contributed by atoms with E-state index in [1.165, 1.54) is 16.7 Å². The Balaban J connectivity index is 2.22. The minimum Gasteiger partial charge on any atom is -0.326 e. The van der Waals surface area contributed by atoms with Crippen LogP contribution in [0.3, 0.4) is 0 Å². The highest BCUT2D eigenvalue weighted by molar-refractivity contribution is 5.36. The van der Waals surface area contributed by atoms with Gasteiger partial charge in [-0.3, -0.25) is 0 Å². The first kappa shape index (κ1) is 11.6. The average molecular weight is 218 g/mol. The molecule has 1 saturated heterocycles. The molecule has 0 radical (unpaired) electrons. The molecule has 1 aromatic rings. The van der Waals surface area contributed by atoms with Crippen LogP contribution in [0.15, 0.2) is 18.2 Å². The molecule has 0 spiro atoms. The Morgan fingerprint density at radius 1 is 1.31 bits per heavy atom. The van der Waals surface area contributed by atoms with E-state index in [9.17, 15) is 0 Å². The summed E-state index contributed by atoms with van der Waals surface area (Å²) in [6, 6.07) is 7.30. The molecule has 2 heteroatoms. The van der Waals surface area contributed by atoms with Gasteiger partial charge in [0.2, 0.25) is 0 Å². The Morgan fingerprint density at radius 2 is 2.06 bits per heavy atom. The maximum absolute atomic E-state index is 6.13. The van der Waals surface area contributed by atoms with Crippen molar-refractivity contribution in [1.82, 2.24) is 5.32 Å². The molecule has 1 fully saturated rings. The van der Waals surface area contributed by atoms with Crippen LogP contribution in [0.25, 0.3) is 0 Å². The van der Waals surface area contributed by atoms with E-state index < -0.39 is 0 Å². The summed E-state index contributed by atoms with van der Waals surface area (Å²) in [5.41, 5.74) is 10.4. The van der Waals surface area contributed by atoms with Crippen molar-refractivity contribution in [2.24, 2.45) is 5.73 Å². The first-order valence-electron chi connectivity index (χ1n) is 6.14. The lowest BCUT2D eigenvalue weighted by Crippen LogP contribution is -2.50. The third kappa shape index (κ3) is 2.13. The lowest BCUT2D eigenvalue weighted by Gasteiger charge is -2.34. The third-order valence-corrected chi connectivity index (χ3v) is 3.97. The first-order chi connectivity index (χ1) is 7.59. The fraction of sp³-hybridized carbons (Fsp3) is 0.571. The smallest absolute Gasteiger partial charge is 0.0198 e. The molecule has 1 aliphatic heterocycles. The number of benzene rings is 1. The van der Waals surface area contributed by atoms with E-state index >= 15 is 0 Å². The molecule has 0 saturated carbocycles. The van der Waals surface area contributed by atoms with E-state index in [1.54, 1.807) is 0 Å². The highest BCUT2D eigenvalue weighted by Crippen LogP contribution is 2.28. The van der Waals surface area contributed by atoms with Crippen molar-refractivity contribution >= 4 is 0 Å². The molecule has 16 heavy (non-hydrogen) atoms. The van der Waals surface area contributed by atoms with Gasteiger partial charge in [0.15, 0.2) is 0 Å². The highest BCUT2D eigenvalue weighted by Gasteiger charge is 2.26. The van der Waals surface area contributed by atoms with Crippen molar-refractivity contribution in [3.05, 3.63) is 34.9 Å². The average Bonchev–Trinajstić information content (AvgIpc) is 2.26. The Kier molecular flexibility index (Phi) is 3.31. The van der Waals surface area contributed by atoms with Crippen LogP contribution < -0.4 is 11.1 Å². The molecule has 1 aliphatic rings. The van der Waals surface area contributed by atoms with Gasteiger partial charge in [0.25, 0.3) is 0 Å². The lowest BCUT2D eigenvalue weighted by atomic mass is 9.83. The van der Waals surface area contributed by atoms with Crippen LogP contribution in [0.1, 0.15) is 36.0 Å². The minimum atomic E-state index is 0.277. The molecule has 0 bridgehead atoms.